The Morgan fingerprint density at radius 3 is 2.32 bits per heavy atom. The van der Waals surface area contributed by atoms with Crippen LogP contribution in [0.4, 0.5) is 18.9 Å². The maximum Gasteiger partial charge on any atom is 0.416 e. The van der Waals surface area contributed by atoms with Crippen LogP contribution in [0, 0.1) is 0 Å². The lowest BCUT2D eigenvalue weighted by molar-refractivity contribution is -0.137. The van der Waals surface area contributed by atoms with Crippen molar-refractivity contribution in [2.45, 2.75) is 24.9 Å². The molecule has 1 fully saturated rings. The van der Waals surface area contributed by atoms with E-state index in [0.29, 0.717) is 17.3 Å². The lowest BCUT2D eigenvalue weighted by atomic mass is 10.2. The van der Waals surface area contributed by atoms with Gasteiger partial charge in [0.2, 0.25) is 0 Å². The number of hydrogen-bond acceptors (Lipinski definition) is 2. The Kier molecular flexibility index (Phi) is 2.55. The van der Waals surface area contributed by atoms with Gasteiger partial charge in [-0.1, -0.05) is 0 Å². The highest BCUT2D eigenvalue weighted by atomic mass is 19.4. The number of benzene rings is 1. The third kappa shape index (κ3) is 2.18. The number of nitrogens with two attached hydrogens (primary N) is 1. The molecule has 2 aromatic rings. The van der Waals surface area contributed by atoms with Crippen LogP contribution >= 0.6 is 0 Å². The second-order valence-corrected chi connectivity index (χ2v) is 4.72. The summed E-state index contributed by atoms with van der Waals surface area (Å²) in [6, 6.07) is 4.95. The molecule has 0 aliphatic heterocycles. The largest absolute Gasteiger partial charge is 0.416 e. The van der Waals surface area contributed by atoms with Crippen LogP contribution in [0.1, 0.15) is 30.0 Å². The molecule has 0 amide bonds. The van der Waals surface area contributed by atoms with Crippen molar-refractivity contribution in [2.75, 3.05) is 5.73 Å². The molecule has 0 unspecified atom stereocenters. The van der Waals surface area contributed by atoms with Crippen molar-refractivity contribution >= 4 is 5.69 Å². The van der Waals surface area contributed by atoms with Crippen molar-refractivity contribution in [3.05, 3.63) is 41.7 Å². The average molecular weight is 267 g/mol. The van der Waals surface area contributed by atoms with Crippen molar-refractivity contribution in [1.29, 1.82) is 0 Å². The second-order valence-electron chi connectivity index (χ2n) is 4.72. The van der Waals surface area contributed by atoms with Crippen molar-refractivity contribution in [2.24, 2.45) is 0 Å². The molecular weight excluding hydrogens is 255 g/mol. The normalized spacial score (nSPS) is 15.7. The summed E-state index contributed by atoms with van der Waals surface area (Å²) >= 11 is 0. The fraction of sp³-hybridized carbons (Fsp3) is 0.308. The molecule has 100 valence electrons. The molecule has 1 aromatic carbocycles. The van der Waals surface area contributed by atoms with E-state index in [2.05, 4.69) is 5.10 Å². The first-order valence-corrected chi connectivity index (χ1v) is 5.98. The summed E-state index contributed by atoms with van der Waals surface area (Å²) < 4.78 is 39.1. The van der Waals surface area contributed by atoms with Gasteiger partial charge in [0.25, 0.3) is 0 Å². The van der Waals surface area contributed by atoms with Crippen LogP contribution in [-0.2, 0) is 6.18 Å². The Balaban J connectivity index is 1.99. The SMILES string of the molecule is Nc1cnn(-c2ccc(C(F)(F)F)cc2)c1C1CC1. The third-order valence-corrected chi connectivity index (χ3v) is 3.24. The summed E-state index contributed by atoms with van der Waals surface area (Å²) in [5.74, 6) is 0.379. The van der Waals surface area contributed by atoms with Gasteiger partial charge in [-0.25, -0.2) is 4.68 Å². The maximum absolute atomic E-state index is 12.5. The highest BCUT2D eigenvalue weighted by Gasteiger charge is 2.32. The summed E-state index contributed by atoms with van der Waals surface area (Å²) in [5, 5.41) is 4.15. The zero-order chi connectivity index (χ0) is 13.6. The molecule has 1 heterocycles. The van der Waals surface area contributed by atoms with Crippen LogP contribution in [0.15, 0.2) is 30.5 Å². The van der Waals surface area contributed by atoms with Crippen LogP contribution in [-0.4, -0.2) is 9.78 Å². The van der Waals surface area contributed by atoms with Gasteiger partial charge in [-0.2, -0.15) is 18.3 Å². The number of alkyl halides is 3. The minimum Gasteiger partial charge on any atom is -0.396 e. The van der Waals surface area contributed by atoms with Gasteiger partial charge in [-0.3, -0.25) is 0 Å². The second kappa shape index (κ2) is 4.01. The molecule has 3 nitrogen and oxygen atoms in total. The molecule has 3 rings (SSSR count). The smallest absolute Gasteiger partial charge is 0.396 e. The third-order valence-electron chi connectivity index (χ3n) is 3.24. The van der Waals surface area contributed by atoms with E-state index in [0.717, 1.165) is 30.7 Å². The van der Waals surface area contributed by atoms with Crippen molar-refractivity contribution < 1.29 is 13.2 Å². The first-order chi connectivity index (χ1) is 8.97. The highest BCUT2D eigenvalue weighted by molar-refractivity contribution is 5.49. The summed E-state index contributed by atoms with van der Waals surface area (Å²) in [6.07, 6.45) is -0.667. The quantitative estimate of drug-likeness (QED) is 0.906. The molecule has 0 saturated heterocycles. The first kappa shape index (κ1) is 12.1. The molecule has 1 aromatic heterocycles. The van der Waals surface area contributed by atoms with Gasteiger partial charge >= 0.3 is 6.18 Å². The monoisotopic (exact) mass is 267 g/mol. The zero-order valence-electron chi connectivity index (χ0n) is 9.98. The number of rotatable bonds is 2. The minimum atomic E-state index is -4.32. The lowest BCUT2D eigenvalue weighted by Crippen LogP contribution is -2.06. The number of nitrogens with zero attached hydrogens (tertiary/aromatic N) is 2. The predicted octanol–water partition coefficient (Wildman–Crippen LogP) is 3.35. The fourth-order valence-corrected chi connectivity index (χ4v) is 2.13. The Hall–Kier alpha value is -1.98. The van der Waals surface area contributed by atoms with Gasteiger partial charge < -0.3 is 5.73 Å². The fourth-order valence-electron chi connectivity index (χ4n) is 2.13. The molecule has 1 aliphatic rings. The van der Waals surface area contributed by atoms with E-state index in [9.17, 15) is 13.2 Å². The number of aromatic nitrogens is 2. The number of halogens is 3. The molecule has 0 atom stereocenters. The molecular formula is C13H12F3N3. The summed E-state index contributed by atoms with van der Waals surface area (Å²) in [5.41, 5.74) is 7.30. The van der Waals surface area contributed by atoms with Crippen LogP contribution < -0.4 is 5.73 Å². The molecule has 19 heavy (non-hydrogen) atoms. The van der Waals surface area contributed by atoms with Gasteiger partial charge in [0.05, 0.1) is 28.8 Å². The Morgan fingerprint density at radius 2 is 1.79 bits per heavy atom. The van der Waals surface area contributed by atoms with Gasteiger partial charge in [-0.05, 0) is 37.1 Å². The minimum absolute atomic E-state index is 0.379. The van der Waals surface area contributed by atoms with E-state index < -0.39 is 11.7 Å². The summed E-state index contributed by atoms with van der Waals surface area (Å²) in [6.45, 7) is 0. The maximum atomic E-state index is 12.5. The van der Waals surface area contributed by atoms with E-state index in [1.54, 1.807) is 10.9 Å². The molecule has 0 radical (unpaired) electrons. The summed E-state index contributed by atoms with van der Waals surface area (Å²) in [4.78, 5) is 0. The van der Waals surface area contributed by atoms with E-state index in [1.165, 1.54) is 12.1 Å². The number of hydrogen-bond donors (Lipinski definition) is 1. The van der Waals surface area contributed by atoms with E-state index in [1.807, 2.05) is 0 Å². The number of anilines is 1. The van der Waals surface area contributed by atoms with Gasteiger partial charge in [-0.15, -0.1) is 0 Å². The van der Waals surface area contributed by atoms with Crippen molar-refractivity contribution in [3.63, 3.8) is 0 Å². The van der Waals surface area contributed by atoms with Gasteiger partial charge in [0, 0.05) is 5.92 Å². The van der Waals surface area contributed by atoms with E-state index >= 15 is 0 Å². The van der Waals surface area contributed by atoms with Crippen molar-refractivity contribution in [3.8, 4) is 5.69 Å². The lowest BCUT2D eigenvalue weighted by Gasteiger charge is -2.10. The Bertz CT molecular complexity index is 595. The molecule has 2 N–H and O–H groups in total. The average Bonchev–Trinajstić information content (AvgIpc) is 3.12. The number of nitrogen functional groups attached to an aromatic ring is 1. The van der Waals surface area contributed by atoms with Gasteiger partial charge in [0.1, 0.15) is 0 Å². The van der Waals surface area contributed by atoms with E-state index in [-0.39, 0.29) is 0 Å². The molecule has 6 heteroatoms. The molecule has 0 bridgehead atoms. The van der Waals surface area contributed by atoms with Gasteiger partial charge in [0.15, 0.2) is 0 Å². The highest BCUT2D eigenvalue weighted by Crippen LogP contribution is 2.43. The summed E-state index contributed by atoms with van der Waals surface area (Å²) in [7, 11) is 0. The van der Waals surface area contributed by atoms with Crippen LogP contribution in [0.2, 0.25) is 0 Å². The van der Waals surface area contributed by atoms with Crippen LogP contribution in [0.3, 0.4) is 0 Å². The predicted molar refractivity (Wildman–Crippen MR) is 65.0 cm³/mol. The standard InChI is InChI=1S/C13H12F3N3/c14-13(15,16)9-3-5-10(6-4-9)19-12(8-1-2-8)11(17)7-18-19/h3-8H,1-2,17H2. The van der Waals surface area contributed by atoms with E-state index in [4.69, 9.17) is 5.73 Å². The molecule has 1 aliphatic carbocycles. The van der Waals surface area contributed by atoms with Crippen LogP contribution in [0.5, 0.6) is 0 Å². The molecule has 1 saturated carbocycles. The van der Waals surface area contributed by atoms with Crippen molar-refractivity contribution in [1.82, 2.24) is 9.78 Å². The Morgan fingerprint density at radius 1 is 1.16 bits per heavy atom. The Labute approximate surface area is 107 Å². The first-order valence-electron chi connectivity index (χ1n) is 5.98. The zero-order valence-corrected chi connectivity index (χ0v) is 9.98. The van der Waals surface area contributed by atoms with Crippen LogP contribution in [0.25, 0.3) is 5.69 Å². The molecule has 0 spiro atoms. The topological polar surface area (TPSA) is 43.8 Å².